The van der Waals surface area contributed by atoms with Gasteiger partial charge >= 0.3 is 5.97 Å². The Bertz CT molecular complexity index is 589. The molecule has 0 saturated carbocycles. The highest BCUT2D eigenvalue weighted by atomic mass is 35.5. The molecule has 0 aliphatic carbocycles. The lowest BCUT2D eigenvalue weighted by molar-refractivity contribution is -0.121. The van der Waals surface area contributed by atoms with E-state index in [0.717, 1.165) is 6.42 Å². The second-order valence-electron chi connectivity index (χ2n) is 4.93. The van der Waals surface area contributed by atoms with Gasteiger partial charge in [-0.3, -0.25) is 9.59 Å². The van der Waals surface area contributed by atoms with Crippen LogP contribution in [0.2, 0.25) is 5.02 Å². The van der Waals surface area contributed by atoms with E-state index in [1.807, 2.05) is 6.92 Å². The first kappa shape index (κ1) is 19.0. The van der Waals surface area contributed by atoms with Crippen LogP contribution in [0.15, 0.2) is 18.2 Å². The number of halogens is 1. The van der Waals surface area contributed by atoms with Crippen LogP contribution in [0.4, 0.5) is 5.69 Å². The van der Waals surface area contributed by atoms with Gasteiger partial charge in [0.2, 0.25) is 11.8 Å². The summed E-state index contributed by atoms with van der Waals surface area (Å²) in [5.41, 5.74) is 0.666. The van der Waals surface area contributed by atoms with Crippen molar-refractivity contribution in [3.8, 4) is 0 Å². The molecule has 0 aromatic heterocycles. The van der Waals surface area contributed by atoms with E-state index in [0.29, 0.717) is 17.3 Å². The molecule has 0 atom stereocenters. The van der Waals surface area contributed by atoms with Crippen LogP contribution in [0, 0.1) is 0 Å². The number of benzene rings is 1. The van der Waals surface area contributed by atoms with Crippen LogP contribution >= 0.6 is 11.6 Å². The summed E-state index contributed by atoms with van der Waals surface area (Å²) >= 11 is 6.14. The summed E-state index contributed by atoms with van der Waals surface area (Å²) in [6.07, 6.45) is 0.994. The number of nitrogens with one attached hydrogen (secondary N) is 1. The normalized spacial score (nSPS) is 10.1. The van der Waals surface area contributed by atoms with Crippen molar-refractivity contribution in [2.24, 2.45) is 0 Å². The lowest BCUT2D eigenvalue weighted by Gasteiger charge is -2.22. The fourth-order valence-electron chi connectivity index (χ4n) is 1.98. The minimum atomic E-state index is -0.521. The summed E-state index contributed by atoms with van der Waals surface area (Å²) in [6.45, 7) is 4.11. The zero-order chi connectivity index (χ0) is 17.4. The molecule has 0 unspecified atom stereocenters. The molecule has 0 fully saturated rings. The Balaban J connectivity index is 2.95. The van der Waals surface area contributed by atoms with E-state index < -0.39 is 5.97 Å². The first-order chi connectivity index (χ1) is 10.9. The third-order valence-electron chi connectivity index (χ3n) is 3.17. The van der Waals surface area contributed by atoms with Crippen molar-refractivity contribution < 1.29 is 19.1 Å². The van der Waals surface area contributed by atoms with Gasteiger partial charge in [0.05, 0.1) is 23.4 Å². The summed E-state index contributed by atoms with van der Waals surface area (Å²) in [5.74, 6) is -0.928. The lowest BCUT2D eigenvalue weighted by atomic mass is 10.1. The number of amides is 2. The molecule has 1 aromatic carbocycles. The molecule has 6 nitrogen and oxygen atoms in total. The standard InChI is InChI=1S/C16H21ClN2O4/c1-4-8-18-15(21)7-9-19(11(2)20)14-10-12(16(22)23-3)5-6-13(14)17/h5-6,10H,4,7-9H2,1-3H3,(H,18,21). The Labute approximate surface area is 140 Å². The van der Waals surface area contributed by atoms with Crippen LogP contribution in [0.3, 0.4) is 0 Å². The second-order valence-corrected chi connectivity index (χ2v) is 5.34. The number of methoxy groups -OCH3 is 1. The van der Waals surface area contributed by atoms with E-state index >= 15 is 0 Å². The second kappa shape index (κ2) is 9.15. The van der Waals surface area contributed by atoms with Gasteiger partial charge in [-0.1, -0.05) is 18.5 Å². The van der Waals surface area contributed by atoms with Crippen molar-refractivity contribution in [3.05, 3.63) is 28.8 Å². The van der Waals surface area contributed by atoms with Crippen LogP contribution in [-0.4, -0.2) is 38.0 Å². The average Bonchev–Trinajstić information content (AvgIpc) is 2.53. The van der Waals surface area contributed by atoms with Gasteiger partial charge in [-0.2, -0.15) is 0 Å². The van der Waals surface area contributed by atoms with Gasteiger partial charge < -0.3 is 15.0 Å². The fraction of sp³-hybridized carbons (Fsp3) is 0.438. The molecule has 1 rings (SSSR count). The highest BCUT2D eigenvalue weighted by Gasteiger charge is 2.18. The molecule has 0 aliphatic heterocycles. The van der Waals surface area contributed by atoms with Gasteiger partial charge in [0.25, 0.3) is 0 Å². The van der Waals surface area contributed by atoms with E-state index in [1.54, 1.807) is 0 Å². The number of esters is 1. The number of hydrogen-bond donors (Lipinski definition) is 1. The molecule has 0 bridgehead atoms. The maximum absolute atomic E-state index is 11.9. The van der Waals surface area contributed by atoms with Crippen LogP contribution in [-0.2, 0) is 14.3 Å². The van der Waals surface area contributed by atoms with E-state index in [9.17, 15) is 14.4 Å². The number of hydrogen-bond acceptors (Lipinski definition) is 4. The zero-order valence-corrected chi connectivity index (χ0v) is 14.3. The highest BCUT2D eigenvalue weighted by molar-refractivity contribution is 6.34. The summed E-state index contributed by atoms with van der Waals surface area (Å²) in [6, 6.07) is 4.53. The van der Waals surface area contributed by atoms with Crippen molar-refractivity contribution in [2.45, 2.75) is 26.7 Å². The van der Waals surface area contributed by atoms with Crippen molar-refractivity contribution in [1.82, 2.24) is 5.32 Å². The molecule has 1 N–H and O–H groups in total. The lowest BCUT2D eigenvalue weighted by Crippen LogP contribution is -2.34. The maximum atomic E-state index is 11.9. The van der Waals surface area contributed by atoms with Gasteiger partial charge in [-0.15, -0.1) is 0 Å². The first-order valence-corrected chi connectivity index (χ1v) is 7.71. The molecule has 2 amide bonds. The Morgan fingerprint density at radius 3 is 2.57 bits per heavy atom. The van der Waals surface area contributed by atoms with Gasteiger partial charge in [-0.25, -0.2) is 4.79 Å². The van der Waals surface area contributed by atoms with Gasteiger partial charge in [-0.05, 0) is 24.6 Å². The Kier molecular flexibility index (Phi) is 7.54. The fourth-order valence-corrected chi connectivity index (χ4v) is 2.20. The molecular formula is C16H21ClN2O4. The summed E-state index contributed by atoms with van der Waals surface area (Å²) in [7, 11) is 1.28. The molecule has 7 heteroatoms. The van der Waals surface area contributed by atoms with E-state index in [1.165, 1.54) is 37.1 Å². The van der Waals surface area contributed by atoms with Crippen LogP contribution < -0.4 is 10.2 Å². The number of anilines is 1. The van der Waals surface area contributed by atoms with Crippen LogP contribution in [0.25, 0.3) is 0 Å². The molecule has 126 valence electrons. The SMILES string of the molecule is CCCNC(=O)CCN(C(C)=O)c1cc(C(=O)OC)ccc1Cl. The molecular weight excluding hydrogens is 320 g/mol. The van der Waals surface area contributed by atoms with Gasteiger partial charge in [0, 0.05) is 26.4 Å². The molecule has 1 aromatic rings. The van der Waals surface area contributed by atoms with Crippen molar-refractivity contribution in [1.29, 1.82) is 0 Å². The van der Waals surface area contributed by atoms with Crippen molar-refractivity contribution in [3.63, 3.8) is 0 Å². The Hall–Kier alpha value is -2.08. The van der Waals surface area contributed by atoms with Gasteiger partial charge in [0.1, 0.15) is 0 Å². The average molecular weight is 341 g/mol. The molecule has 0 saturated heterocycles. The van der Waals surface area contributed by atoms with Crippen molar-refractivity contribution in [2.75, 3.05) is 25.1 Å². The minimum Gasteiger partial charge on any atom is -0.465 e. The first-order valence-electron chi connectivity index (χ1n) is 7.33. The largest absolute Gasteiger partial charge is 0.465 e. The summed E-state index contributed by atoms with van der Waals surface area (Å²) in [4.78, 5) is 36.6. The van der Waals surface area contributed by atoms with Crippen molar-refractivity contribution >= 4 is 35.1 Å². The third-order valence-corrected chi connectivity index (χ3v) is 3.49. The van der Waals surface area contributed by atoms with Gasteiger partial charge in [0.15, 0.2) is 0 Å². The Morgan fingerprint density at radius 2 is 2.00 bits per heavy atom. The topological polar surface area (TPSA) is 75.7 Å². The molecule has 0 heterocycles. The highest BCUT2D eigenvalue weighted by Crippen LogP contribution is 2.27. The predicted molar refractivity (Wildman–Crippen MR) is 88.7 cm³/mol. The van der Waals surface area contributed by atoms with E-state index in [2.05, 4.69) is 10.1 Å². The number of nitrogens with zero attached hydrogens (tertiary/aromatic N) is 1. The maximum Gasteiger partial charge on any atom is 0.337 e. The number of carbonyl (C=O) groups is 3. The molecule has 0 spiro atoms. The molecule has 23 heavy (non-hydrogen) atoms. The number of ether oxygens (including phenoxy) is 1. The smallest absolute Gasteiger partial charge is 0.337 e. The van der Waals surface area contributed by atoms with Crippen LogP contribution in [0.5, 0.6) is 0 Å². The quantitative estimate of drug-likeness (QED) is 0.773. The minimum absolute atomic E-state index is 0.140. The monoisotopic (exact) mass is 340 g/mol. The molecule has 0 radical (unpaired) electrons. The summed E-state index contributed by atoms with van der Waals surface area (Å²) in [5, 5.41) is 3.07. The van der Waals surface area contributed by atoms with E-state index in [4.69, 9.17) is 11.6 Å². The molecule has 0 aliphatic rings. The number of carbonyl (C=O) groups excluding carboxylic acids is 3. The number of rotatable bonds is 7. The van der Waals surface area contributed by atoms with E-state index in [-0.39, 0.29) is 30.3 Å². The van der Waals surface area contributed by atoms with Crippen LogP contribution in [0.1, 0.15) is 37.0 Å². The zero-order valence-electron chi connectivity index (χ0n) is 13.5. The predicted octanol–water partition coefficient (Wildman–Crippen LogP) is 2.40. The Morgan fingerprint density at radius 1 is 1.30 bits per heavy atom. The summed E-state index contributed by atoms with van der Waals surface area (Å²) < 4.78 is 4.66. The third kappa shape index (κ3) is 5.56.